The van der Waals surface area contributed by atoms with Gasteiger partial charge in [0.25, 0.3) is 0 Å². The van der Waals surface area contributed by atoms with E-state index in [1.165, 1.54) is 25.4 Å². The van der Waals surface area contributed by atoms with Crippen molar-refractivity contribution in [2.75, 3.05) is 7.11 Å². The molecular formula is C9H9N3O2. The minimum absolute atomic E-state index is 0.336. The number of rotatable bonds is 2. The Kier molecular flexibility index (Phi) is 3.15. The maximum absolute atomic E-state index is 11.1. The summed E-state index contributed by atoms with van der Waals surface area (Å²) >= 11 is 0. The van der Waals surface area contributed by atoms with E-state index in [0.717, 1.165) is 0 Å². The largest absolute Gasteiger partial charge is 0.465 e. The van der Waals surface area contributed by atoms with Crippen molar-refractivity contribution in [1.29, 1.82) is 5.26 Å². The SMILES string of the molecule is COC(=O)c1ccnc(C(N)C#N)c1. The minimum Gasteiger partial charge on any atom is -0.465 e. The second-order valence-electron chi connectivity index (χ2n) is 2.57. The number of hydrogen-bond donors (Lipinski definition) is 1. The molecule has 14 heavy (non-hydrogen) atoms. The fourth-order valence-electron chi connectivity index (χ4n) is 0.929. The first kappa shape index (κ1) is 10.2. The van der Waals surface area contributed by atoms with Gasteiger partial charge in [0.1, 0.15) is 6.04 Å². The van der Waals surface area contributed by atoms with Crippen molar-refractivity contribution in [3.05, 3.63) is 29.6 Å². The van der Waals surface area contributed by atoms with E-state index in [1.54, 1.807) is 0 Å². The molecule has 0 saturated heterocycles. The van der Waals surface area contributed by atoms with E-state index in [9.17, 15) is 4.79 Å². The molecule has 0 aliphatic carbocycles. The van der Waals surface area contributed by atoms with Crippen LogP contribution in [-0.2, 0) is 4.74 Å². The number of methoxy groups -OCH3 is 1. The van der Waals surface area contributed by atoms with Crippen LogP contribution in [0.15, 0.2) is 18.3 Å². The highest BCUT2D eigenvalue weighted by molar-refractivity contribution is 5.89. The first-order valence-corrected chi connectivity index (χ1v) is 3.88. The zero-order valence-electron chi connectivity index (χ0n) is 7.60. The van der Waals surface area contributed by atoms with Crippen LogP contribution in [-0.4, -0.2) is 18.1 Å². The molecule has 5 nitrogen and oxygen atoms in total. The highest BCUT2D eigenvalue weighted by Crippen LogP contribution is 2.09. The lowest BCUT2D eigenvalue weighted by molar-refractivity contribution is 0.0600. The Morgan fingerprint density at radius 3 is 3.07 bits per heavy atom. The van der Waals surface area contributed by atoms with Gasteiger partial charge in [-0.1, -0.05) is 0 Å². The van der Waals surface area contributed by atoms with Gasteiger partial charge >= 0.3 is 5.97 Å². The third kappa shape index (κ3) is 2.06. The minimum atomic E-state index is -0.820. The Morgan fingerprint density at radius 1 is 1.79 bits per heavy atom. The molecule has 0 aliphatic heterocycles. The van der Waals surface area contributed by atoms with Crippen molar-refractivity contribution >= 4 is 5.97 Å². The number of carbonyl (C=O) groups excluding carboxylic acids is 1. The lowest BCUT2D eigenvalue weighted by Gasteiger charge is -2.03. The normalized spacial score (nSPS) is 11.5. The van der Waals surface area contributed by atoms with Crippen LogP contribution in [0.1, 0.15) is 22.1 Å². The summed E-state index contributed by atoms with van der Waals surface area (Å²) in [5.74, 6) is -0.473. The van der Waals surface area contributed by atoms with E-state index in [0.29, 0.717) is 11.3 Å². The summed E-state index contributed by atoms with van der Waals surface area (Å²) in [5, 5.41) is 8.54. The molecule has 5 heteroatoms. The summed E-state index contributed by atoms with van der Waals surface area (Å²) in [4.78, 5) is 15.0. The Balaban J connectivity index is 3.02. The van der Waals surface area contributed by atoms with Crippen LogP contribution in [0.3, 0.4) is 0 Å². The molecule has 0 aliphatic rings. The van der Waals surface area contributed by atoms with Crippen LogP contribution in [0, 0.1) is 11.3 Å². The lowest BCUT2D eigenvalue weighted by atomic mass is 10.1. The molecule has 1 aromatic rings. The van der Waals surface area contributed by atoms with Crippen molar-refractivity contribution in [2.24, 2.45) is 5.73 Å². The summed E-state index contributed by atoms with van der Waals surface area (Å²) < 4.78 is 4.51. The lowest BCUT2D eigenvalue weighted by Crippen LogP contribution is -2.11. The molecule has 1 aromatic heterocycles. The van der Waals surface area contributed by atoms with Gasteiger partial charge in [0, 0.05) is 6.20 Å². The van der Waals surface area contributed by atoms with Gasteiger partial charge in [-0.15, -0.1) is 0 Å². The molecule has 72 valence electrons. The van der Waals surface area contributed by atoms with Gasteiger partial charge < -0.3 is 10.5 Å². The molecule has 0 spiro atoms. The average Bonchev–Trinajstić information content (AvgIpc) is 2.27. The van der Waals surface area contributed by atoms with Gasteiger partial charge in [-0.3, -0.25) is 4.98 Å². The molecule has 1 heterocycles. The third-order valence-corrected chi connectivity index (χ3v) is 1.66. The quantitative estimate of drug-likeness (QED) is 0.683. The van der Waals surface area contributed by atoms with E-state index in [-0.39, 0.29) is 0 Å². The molecular weight excluding hydrogens is 182 g/mol. The van der Waals surface area contributed by atoms with Crippen molar-refractivity contribution < 1.29 is 9.53 Å². The maximum Gasteiger partial charge on any atom is 0.337 e. The average molecular weight is 191 g/mol. The van der Waals surface area contributed by atoms with Crippen molar-refractivity contribution in [1.82, 2.24) is 4.98 Å². The van der Waals surface area contributed by atoms with E-state index >= 15 is 0 Å². The number of ether oxygens (including phenoxy) is 1. The maximum atomic E-state index is 11.1. The highest BCUT2D eigenvalue weighted by Gasteiger charge is 2.10. The monoisotopic (exact) mass is 191 g/mol. The van der Waals surface area contributed by atoms with Gasteiger partial charge in [-0.2, -0.15) is 5.26 Å². The predicted molar refractivity (Wildman–Crippen MR) is 48.1 cm³/mol. The Hall–Kier alpha value is -1.93. The van der Waals surface area contributed by atoms with Crippen LogP contribution in [0.2, 0.25) is 0 Å². The van der Waals surface area contributed by atoms with Crippen molar-refractivity contribution in [2.45, 2.75) is 6.04 Å². The number of pyridine rings is 1. The zero-order chi connectivity index (χ0) is 10.6. The first-order valence-electron chi connectivity index (χ1n) is 3.88. The van der Waals surface area contributed by atoms with Gasteiger partial charge in [-0.25, -0.2) is 4.79 Å². The number of nitrogens with two attached hydrogens (primary N) is 1. The molecule has 0 radical (unpaired) electrons. The smallest absolute Gasteiger partial charge is 0.337 e. The van der Waals surface area contributed by atoms with Gasteiger partial charge in [0.15, 0.2) is 0 Å². The van der Waals surface area contributed by atoms with Crippen LogP contribution >= 0.6 is 0 Å². The van der Waals surface area contributed by atoms with Crippen LogP contribution in [0.25, 0.3) is 0 Å². The second kappa shape index (κ2) is 4.35. The number of nitrogens with zero attached hydrogens (tertiary/aromatic N) is 2. The Labute approximate surface area is 81.1 Å². The topological polar surface area (TPSA) is 89.0 Å². The summed E-state index contributed by atoms with van der Waals surface area (Å²) in [7, 11) is 1.28. The first-order chi connectivity index (χ1) is 6.69. The molecule has 0 amide bonds. The van der Waals surface area contributed by atoms with E-state index in [2.05, 4.69) is 9.72 Å². The molecule has 1 rings (SSSR count). The molecule has 1 atom stereocenters. The third-order valence-electron chi connectivity index (χ3n) is 1.66. The number of nitriles is 1. The fourth-order valence-corrected chi connectivity index (χ4v) is 0.929. The van der Waals surface area contributed by atoms with Crippen LogP contribution in [0.4, 0.5) is 0 Å². The van der Waals surface area contributed by atoms with Crippen LogP contribution in [0.5, 0.6) is 0 Å². The summed E-state index contributed by atoms with van der Waals surface area (Å²) in [5.41, 5.74) is 6.12. The van der Waals surface area contributed by atoms with E-state index < -0.39 is 12.0 Å². The summed E-state index contributed by atoms with van der Waals surface area (Å²) in [6.45, 7) is 0. The molecule has 1 unspecified atom stereocenters. The second-order valence-corrected chi connectivity index (χ2v) is 2.57. The summed E-state index contributed by atoms with van der Waals surface area (Å²) in [6, 6.07) is 3.95. The summed E-state index contributed by atoms with van der Waals surface area (Å²) in [6.07, 6.45) is 1.42. The molecule has 0 fully saturated rings. The van der Waals surface area contributed by atoms with Crippen LogP contribution < -0.4 is 5.73 Å². The van der Waals surface area contributed by atoms with Gasteiger partial charge in [-0.05, 0) is 12.1 Å². The van der Waals surface area contributed by atoms with E-state index in [4.69, 9.17) is 11.0 Å². The van der Waals surface area contributed by atoms with Crippen molar-refractivity contribution in [3.8, 4) is 6.07 Å². The molecule has 2 N–H and O–H groups in total. The predicted octanol–water partition coefficient (Wildman–Crippen LogP) is 0.392. The van der Waals surface area contributed by atoms with Gasteiger partial charge in [0.05, 0.1) is 24.4 Å². The fraction of sp³-hybridized carbons (Fsp3) is 0.222. The van der Waals surface area contributed by atoms with Gasteiger partial charge in [0.2, 0.25) is 0 Å². The standard InChI is InChI=1S/C9H9N3O2/c1-14-9(13)6-2-3-12-8(4-6)7(11)5-10/h2-4,7H,11H2,1H3. The number of esters is 1. The highest BCUT2D eigenvalue weighted by atomic mass is 16.5. The number of carbonyl (C=O) groups is 1. The number of aromatic nitrogens is 1. The molecule has 0 bridgehead atoms. The molecule has 0 aromatic carbocycles. The van der Waals surface area contributed by atoms with E-state index in [1.807, 2.05) is 6.07 Å². The van der Waals surface area contributed by atoms with Crippen molar-refractivity contribution in [3.63, 3.8) is 0 Å². The Bertz CT molecular complexity index is 384. The zero-order valence-corrected chi connectivity index (χ0v) is 7.60. The Morgan fingerprint density at radius 2 is 2.50 bits per heavy atom. The number of hydrogen-bond acceptors (Lipinski definition) is 5. The molecule has 0 saturated carbocycles.